The molecule has 0 spiro atoms. The fourth-order valence-corrected chi connectivity index (χ4v) is 3.98. The first-order chi connectivity index (χ1) is 12.7. The van der Waals surface area contributed by atoms with Crippen LogP contribution in [0.2, 0.25) is 0 Å². The summed E-state index contributed by atoms with van der Waals surface area (Å²) in [4.78, 5) is 24.7. The molecule has 3 aromatic rings. The lowest BCUT2D eigenvalue weighted by Crippen LogP contribution is -2.23. The minimum Gasteiger partial charge on any atom is -0.354 e. The van der Waals surface area contributed by atoms with E-state index >= 15 is 0 Å². The van der Waals surface area contributed by atoms with Gasteiger partial charge >= 0.3 is 0 Å². The highest BCUT2D eigenvalue weighted by molar-refractivity contribution is 7.14. The molecule has 9 heteroatoms. The Kier molecular flexibility index (Phi) is 3.49. The van der Waals surface area contributed by atoms with Crippen LogP contribution < -0.4 is 9.80 Å². The molecule has 0 radical (unpaired) electrons. The molecule has 2 aliphatic rings. The summed E-state index contributed by atoms with van der Waals surface area (Å²) in [6, 6.07) is 3.76. The predicted octanol–water partition coefficient (Wildman–Crippen LogP) is 2.43. The molecule has 5 heterocycles. The van der Waals surface area contributed by atoms with E-state index in [1.165, 1.54) is 11.3 Å². The number of alkyl halides is 1. The van der Waals surface area contributed by atoms with E-state index in [-0.39, 0.29) is 5.91 Å². The first-order valence-corrected chi connectivity index (χ1v) is 9.21. The number of carbonyl (C=O) groups is 1. The van der Waals surface area contributed by atoms with Gasteiger partial charge in [-0.25, -0.2) is 14.1 Å². The van der Waals surface area contributed by atoms with Crippen LogP contribution in [0.5, 0.6) is 0 Å². The number of hydrogen-bond acceptors (Lipinski definition) is 6. The number of amides is 1. The molecule has 2 aliphatic heterocycles. The Morgan fingerprint density at radius 2 is 2.19 bits per heavy atom. The van der Waals surface area contributed by atoms with Crippen molar-refractivity contribution in [3.8, 4) is 5.69 Å². The van der Waals surface area contributed by atoms with Gasteiger partial charge in [0, 0.05) is 12.7 Å². The Hall–Kier alpha value is -2.81. The van der Waals surface area contributed by atoms with Gasteiger partial charge in [-0.3, -0.25) is 14.7 Å². The average Bonchev–Trinajstić information content (AvgIpc) is 3.41. The van der Waals surface area contributed by atoms with Crippen molar-refractivity contribution in [2.45, 2.75) is 19.1 Å². The topological polar surface area (TPSA) is 67.2 Å². The molecule has 5 rings (SSSR count). The minimum absolute atomic E-state index is 0.0638. The van der Waals surface area contributed by atoms with Crippen molar-refractivity contribution in [3.63, 3.8) is 0 Å². The van der Waals surface area contributed by atoms with Crippen LogP contribution in [-0.2, 0) is 6.54 Å². The Bertz CT molecular complexity index is 954. The normalized spacial score (nSPS) is 19.4. The lowest BCUT2D eigenvalue weighted by atomic mass is 10.3. The van der Waals surface area contributed by atoms with Gasteiger partial charge in [0.25, 0.3) is 5.91 Å². The highest BCUT2D eigenvalue weighted by Gasteiger charge is 2.32. The van der Waals surface area contributed by atoms with Crippen molar-refractivity contribution in [1.82, 2.24) is 19.7 Å². The van der Waals surface area contributed by atoms with Crippen LogP contribution in [0.1, 0.15) is 22.5 Å². The van der Waals surface area contributed by atoms with Crippen LogP contribution in [0.15, 0.2) is 36.2 Å². The third-order valence-corrected chi connectivity index (χ3v) is 5.51. The molecule has 0 unspecified atom stereocenters. The van der Waals surface area contributed by atoms with Gasteiger partial charge in [-0.1, -0.05) is 0 Å². The van der Waals surface area contributed by atoms with Crippen molar-refractivity contribution in [2.24, 2.45) is 0 Å². The molecule has 0 aliphatic carbocycles. The SMILES string of the molecule is O=C1c2cn(-c3ccc(N4CC[C@@H](F)C4)nc3)nc2CN1c1cncs1. The van der Waals surface area contributed by atoms with E-state index in [9.17, 15) is 9.18 Å². The maximum atomic E-state index is 13.3. The van der Waals surface area contributed by atoms with Crippen LogP contribution >= 0.6 is 11.3 Å². The first-order valence-electron chi connectivity index (χ1n) is 8.33. The van der Waals surface area contributed by atoms with Gasteiger partial charge in [-0.05, 0) is 18.6 Å². The van der Waals surface area contributed by atoms with Crippen molar-refractivity contribution in [2.75, 3.05) is 22.9 Å². The van der Waals surface area contributed by atoms with E-state index in [0.717, 1.165) is 22.2 Å². The van der Waals surface area contributed by atoms with Gasteiger partial charge in [0.05, 0.1) is 47.9 Å². The molecule has 0 bridgehead atoms. The number of rotatable bonds is 3. The average molecular weight is 370 g/mol. The van der Waals surface area contributed by atoms with Gasteiger partial charge in [0.1, 0.15) is 17.0 Å². The van der Waals surface area contributed by atoms with Crippen molar-refractivity contribution >= 4 is 28.1 Å². The molecular formula is C17H15FN6OS. The summed E-state index contributed by atoms with van der Waals surface area (Å²) < 4.78 is 15.0. The van der Waals surface area contributed by atoms with Crippen LogP contribution in [0.3, 0.4) is 0 Å². The summed E-state index contributed by atoms with van der Waals surface area (Å²) in [7, 11) is 0. The summed E-state index contributed by atoms with van der Waals surface area (Å²) in [6.45, 7) is 1.52. The highest BCUT2D eigenvalue weighted by atomic mass is 32.1. The van der Waals surface area contributed by atoms with Gasteiger partial charge in [0.15, 0.2) is 0 Å². The molecule has 1 atom stereocenters. The van der Waals surface area contributed by atoms with Gasteiger partial charge in [0.2, 0.25) is 0 Å². The zero-order valence-corrected chi connectivity index (χ0v) is 14.6. The van der Waals surface area contributed by atoms with Crippen LogP contribution in [-0.4, -0.2) is 44.9 Å². The zero-order chi connectivity index (χ0) is 17.7. The molecule has 1 saturated heterocycles. The minimum atomic E-state index is -0.780. The zero-order valence-electron chi connectivity index (χ0n) is 13.7. The number of anilines is 2. The van der Waals surface area contributed by atoms with Crippen molar-refractivity contribution < 1.29 is 9.18 Å². The standard InChI is InChI=1S/C17H15FN6OS/c18-11-3-4-22(7-11)15-2-1-12(5-20-15)24-8-13-14(21-24)9-23(17(13)25)16-6-19-10-26-16/h1-2,5-6,8,10-11H,3-4,7,9H2/t11-/m1/s1. The second kappa shape index (κ2) is 5.87. The smallest absolute Gasteiger partial charge is 0.262 e. The summed E-state index contributed by atoms with van der Waals surface area (Å²) in [5.41, 5.74) is 3.82. The van der Waals surface area contributed by atoms with Crippen molar-refractivity contribution in [1.29, 1.82) is 0 Å². The quantitative estimate of drug-likeness (QED) is 0.708. The molecule has 1 amide bonds. The van der Waals surface area contributed by atoms with E-state index in [2.05, 4.69) is 15.1 Å². The molecule has 132 valence electrons. The number of carbonyl (C=O) groups excluding carboxylic acids is 1. The Morgan fingerprint density at radius 3 is 2.85 bits per heavy atom. The number of aromatic nitrogens is 4. The van der Waals surface area contributed by atoms with E-state index in [0.29, 0.717) is 31.6 Å². The number of pyridine rings is 1. The Balaban J connectivity index is 1.37. The first kappa shape index (κ1) is 15.4. The maximum Gasteiger partial charge on any atom is 0.262 e. The van der Waals surface area contributed by atoms with Crippen molar-refractivity contribution in [3.05, 3.63) is 47.5 Å². The molecule has 0 N–H and O–H groups in total. The second-order valence-electron chi connectivity index (χ2n) is 6.37. The highest BCUT2D eigenvalue weighted by Crippen LogP contribution is 2.30. The summed E-state index contributed by atoms with van der Waals surface area (Å²) in [5.74, 6) is 0.701. The maximum absolute atomic E-state index is 13.3. The predicted molar refractivity (Wildman–Crippen MR) is 95.7 cm³/mol. The fourth-order valence-electron chi connectivity index (χ4n) is 3.35. The summed E-state index contributed by atoms with van der Waals surface area (Å²) in [5, 5.41) is 5.36. The number of nitrogens with zero attached hydrogens (tertiary/aromatic N) is 6. The van der Waals surface area contributed by atoms with E-state index in [1.807, 2.05) is 17.0 Å². The van der Waals surface area contributed by atoms with Gasteiger partial charge in [-0.2, -0.15) is 5.10 Å². The molecule has 7 nitrogen and oxygen atoms in total. The third-order valence-electron chi connectivity index (χ3n) is 4.71. The molecule has 0 aromatic carbocycles. The van der Waals surface area contributed by atoms with Crippen LogP contribution in [0, 0.1) is 0 Å². The lowest BCUT2D eigenvalue weighted by molar-refractivity contribution is 0.0997. The monoisotopic (exact) mass is 370 g/mol. The largest absolute Gasteiger partial charge is 0.354 e. The van der Waals surface area contributed by atoms with E-state index in [1.54, 1.807) is 33.7 Å². The van der Waals surface area contributed by atoms with Crippen LogP contribution in [0.4, 0.5) is 15.2 Å². The Morgan fingerprint density at radius 1 is 1.27 bits per heavy atom. The molecule has 1 fully saturated rings. The number of halogens is 1. The van der Waals surface area contributed by atoms with Gasteiger partial charge < -0.3 is 4.90 Å². The summed E-state index contributed by atoms with van der Waals surface area (Å²) >= 11 is 1.43. The van der Waals surface area contributed by atoms with E-state index < -0.39 is 6.17 Å². The molecule has 26 heavy (non-hydrogen) atoms. The molecular weight excluding hydrogens is 355 g/mol. The summed E-state index contributed by atoms with van der Waals surface area (Å²) in [6.07, 6.45) is 4.90. The molecule has 3 aromatic heterocycles. The fraction of sp³-hybridized carbons (Fsp3) is 0.294. The second-order valence-corrected chi connectivity index (χ2v) is 7.24. The molecule has 0 saturated carbocycles. The Labute approximate surface area is 152 Å². The van der Waals surface area contributed by atoms with Crippen LogP contribution in [0.25, 0.3) is 5.69 Å². The number of hydrogen-bond donors (Lipinski definition) is 0. The lowest BCUT2D eigenvalue weighted by Gasteiger charge is -2.16. The third kappa shape index (κ3) is 2.47. The van der Waals surface area contributed by atoms with E-state index in [4.69, 9.17) is 0 Å². The number of thiazole rings is 1. The number of fused-ring (bicyclic) bond motifs is 1. The van der Waals surface area contributed by atoms with Gasteiger partial charge in [-0.15, -0.1) is 11.3 Å².